The molecule has 2 aromatic rings. The van der Waals surface area contributed by atoms with Crippen molar-refractivity contribution in [3.05, 3.63) is 42.2 Å². The normalized spacial score (nSPS) is 9.33. The number of nitrogens with two attached hydrogens (primary N) is 1. The summed E-state index contributed by atoms with van der Waals surface area (Å²) >= 11 is 0. The fraction of sp³-hybridized carbons (Fsp3) is 0. The van der Waals surface area contributed by atoms with Crippen LogP contribution >= 0.6 is 12.4 Å². The van der Waals surface area contributed by atoms with E-state index in [1.54, 1.807) is 24.5 Å². The fourth-order valence-electron chi connectivity index (χ4n) is 1.35. The summed E-state index contributed by atoms with van der Waals surface area (Å²) in [7, 11) is 0. The van der Waals surface area contributed by atoms with Crippen LogP contribution in [-0.2, 0) is 0 Å². The molecule has 1 aromatic carbocycles. The Hall–Kier alpha value is -1.81. The van der Waals surface area contributed by atoms with Crippen molar-refractivity contribution in [3.63, 3.8) is 0 Å². The highest BCUT2D eigenvalue weighted by Gasteiger charge is 2.08. The Morgan fingerprint density at radius 2 is 2.07 bits per heavy atom. The van der Waals surface area contributed by atoms with Gasteiger partial charge in [-0.2, -0.15) is 5.10 Å². The Morgan fingerprint density at radius 3 is 2.67 bits per heavy atom. The van der Waals surface area contributed by atoms with E-state index < -0.39 is 5.91 Å². The summed E-state index contributed by atoms with van der Waals surface area (Å²) in [5.74, 6) is -0.429. The number of H-pyrrole nitrogens is 1. The number of aromatic nitrogens is 2. The molecule has 1 amide bonds. The van der Waals surface area contributed by atoms with Crippen molar-refractivity contribution < 1.29 is 4.79 Å². The van der Waals surface area contributed by atoms with E-state index in [2.05, 4.69) is 10.2 Å². The third-order valence-corrected chi connectivity index (χ3v) is 2.00. The second-order valence-corrected chi connectivity index (χ2v) is 2.90. The number of carbonyl (C=O) groups is 1. The molecule has 0 unspecified atom stereocenters. The first-order valence-corrected chi connectivity index (χ1v) is 4.17. The summed E-state index contributed by atoms with van der Waals surface area (Å²) in [6.07, 6.45) is 3.38. The van der Waals surface area contributed by atoms with Gasteiger partial charge in [-0.3, -0.25) is 9.89 Å². The molecule has 1 aromatic heterocycles. The molecule has 0 fully saturated rings. The van der Waals surface area contributed by atoms with E-state index in [4.69, 9.17) is 5.73 Å². The SMILES string of the molecule is Cl.NC(=O)c1ccccc1-c1cn[nH]c1. The summed E-state index contributed by atoms with van der Waals surface area (Å²) in [6, 6.07) is 7.17. The van der Waals surface area contributed by atoms with Crippen LogP contribution in [0.3, 0.4) is 0 Å². The molecule has 78 valence electrons. The summed E-state index contributed by atoms with van der Waals surface area (Å²) in [5, 5.41) is 6.51. The van der Waals surface area contributed by atoms with Crippen molar-refractivity contribution in [3.8, 4) is 11.1 Å². The minimum atomic E-state index is -0.429. The lowest BCUT2D eigenvalue weighted by Gasteiger charge is -2.02. The third kappa shape index (κ3) is 2.16. The van der Waals surface area contributed by atoms with Crippen molar-refractivity contribution in [1.82, 2.24) is 10.2 Å². The van der Waals surface area contributed by atoms with Gasteiger partial charge in [0.2, 0.25) is 5.91 Å². The van der Waals surface area contributed by atoms with Crippen LogP contribution < -0.4 is 5.73 Å². The molecule has 4 nitrogen and oxygen atoms in total. The molecular weight excluding hydrogens is 214 g/mol. The smallest absolute Gasteiger partial charge is 0.249 e. The zero-order valence-electron chi connectivity index (χ0n) is 7.81. The monoisotopic (exact) mass is 223 g/mol. The van der Waals surface area contributed by atoms with Crippen LogP contribution in [-0.4, -0.2) is 16.1 Å². The van der Waals surface area contributed by atoms with Crippen molar-refractivity contribution in [2.75, 3.05) is 0 Å². The molecule has 3 N–H and O–H groups in total. The Bertz CT molecular complexity index is 453. The van der Waals surface area contributed by atoms with E-state index in [1.807, 2.05) is 12.1 Å². The topological polar surface area (TPSA) is 71.8 Å². The van der Waals surface area contributed by atoms with Gasteiger partial charge in [0.25, 0.3) is 0 Å². The van der Waals surface area contributed by atoms with Gasteiger partial charge in [0, 0.05) is 17.3 Å². The molecule has 0 bridgehead atoms. The molecule has 0 saturated heterocycles. The lowest BCUT2D eigenvalue weighted by Crippen LogP contribution is -2.11. The molecule has 0 aliphatic heterocycles. The first-order chi connectivity index (χ1) is 6.79. The summed E-state index contributed by atoms with van der Waals surface area (Å²) in [4.78, 5) is 11.1. The van der Waals surface area contributed by atoms with E-state index in [9.17, 15) is 4.79 Å². The van der Waals surface area contributed by atoms with Crippen LogP contribution in [0.5, 0.6) is 0 Å². The van der Waals surface area contributed by atoms with Gasteiger partial charge < -0.3 is 5.73 Å². The number of hydrogen-bond acceptors (Lipinski definition) is 2. The summed E-state index contributed by atoms with van der Waals surface area (Å²) in [6.45, 7) is 0. The second-order valence-electron chi connectivity index (χ2n) is 2.90. The first-order valence-electron chi connectivity index (χ1n) is 4.17. The average molecular weight is 224 g/mol. The molecule has 1 heterocycles. The molecule has 0 spiro atoms. The number of halogens is 1. The van der Waals surface area contributed by atoms with Crippen molar-refractivity contribution in [2.24, 2.45) is 5.73 Å². The Balaban J connectivity index is 0.00000112. The van der Waals surface area contributed by atoms with Crippen molar-refractivity contribution in [1.29, 1.82) is 0 Å². The van der Waals surface area contributed by atoms with Crippen LogP contribution in [0.2, 0.25) is 0 Å². The number of aromatic amines is 1. The maximum Gasteiger partial charge on any atom is 0.249 e. The van der Waals surface area contributed by atoms with E-state index in [0.717, 1.165) is 11.1 Å². The van der Waals surface area contributed by atoms with Crippen molar-refractivity contribution in [2.45, 2.75) is 0 Å². The quantitative estimate of drug-likeness (QED) is 0.812. The van der Waals surface area contributed by atoms with Gasteiger partial charge >= 0.3 is 0 Å². The molecule has 0 atom stereocenters. The zero-order valence-corrected chi connectivity index (χ0v) is 8.62. The molecule has 5 heteroatoms. The van der Waals surface area contributed by atoms with Gasteiger partial charge in [0.1, 0.15) is 0 Å². The molecule has 0 saturated carbocycles. The number of hydrogen-bond donors (Lipinski definition) is 2. The number of primary amides is 1. The highest BCUT2D eigenvalue weighted by molar-refractivity contribution is 5.99. The maximum atomic E-state index is 11.1. The predicted octanol–water partition coefficient (Wildman–Crippen LogP) is 1.60. The first kappa shape index (κ1) is 11.3. The molecule has 0 aliphatic rings. The average Bonchev–Trinajstić information content (AvgIpc) is 2.70. The van der Waals surface area contributed by atoms with E-state index in [0.29, 0.717) is 5.56 Å². The standard InChI is InChI=1S/C10H9N3O.ClH/c11-10(14)9-4-2-1-3-8(9)7-5-12-13-6-7;/h1-6H,(H2,11,14)(H,12,13);1H. The van der Waals surface area contributed by atoms with Crippen LogP contribution in [0, 0.1) is 0 Å². The van der Waals surface area contributed by atoms with Gasteiger partial charge in [-0.1, -0.05) is 18.2 Å². The van der Waals surface area contributed by atoms with Gasteiger partial charge in [0.05, 0.1) is 6.20 Å². The number of benzene rings is 1. The van der Waals surface area contributed by atoms with Crippen molar-refractivity contribution >= 4 is 18.3 Å². The highest BCUT2D eigenvalue weighted by atomic mass is 35.5. The van der Waals surface area contributed by atoms with Gasteiger partial charge in [-0.25, -0.2) is 0 Å². The minimum absolute atomic E-state index is 0. The summed E-state index contributed by atoms with van der Waals surface area (Å²) in [5.41, 5.74) is 7.42. The molecule has 2 rings (SSSR count). The zero-order chi connectivity index (χ0) is 9.97. The lowest BCUT2D eigenvalue weighted by molar-refractivity contribution is 0.100. The van der Waals surface area contributed by atoms with Gasteiger partial charge in [0.15, 0.2) is 0 Å². The van der Waals surface area contributed by atoms with Gasteiger partial charge in [-0.05, 0) is 11.6 Å². The number of amides is 1. The second kappa shape index (κ2) is 4.61. The van der Waals surface area contributed by atoms with Gasteiger partial charge in [-0.15, -0.1) is 12.4 Å². The van der Waals surface area contributed by atoms with E-state index in [-0.39, 0.29) is 12.4 Å². The Kier molecular flexibility index (Phi) is 3.46. The van der Waals surface area contributed by atoms with E-state index in [1.165, 1.54) is 0 Å². The third-order valence-electron chi connectivity index (χ3n) is 2.00. The Morgan fingerprint density at radius 1 is 1.33 bits per heavy atom. The molecule has 0 radical (unpaired) electrons. The minimum Gasteiger partial charge on any atom is -0.366 e. The lowest BCUT2D eigenvalue weighted by atomic mass is 10.0. The maximum absolute atomic E-state index is 11.1. The van der Waals surface area contributed by atoms with Crippen LogP contribution in [0.25, 0.3) is 11.1 Å². The van der Waals surface area contributed by atoms with Crippen LogP contribution in [0.4, 0.5) is 0 Å². The Labute approximate surface area is 92.9 Å². The number of nitrogens with zero attached hydrogens (tertiary/aromatic N) is 1. The number of rotatable bonds is 2. The van der Waals surface area contributed by atoms with Crippen LogP contribution in [0.1, 0.15) is 10.4 Å². The number of carbonyl (C=O) groups excluding carboxylic acids is 1. The van der Waals surface area contributed by atoms with E-state index >= 15 is 0 Å². The number of nitrogens with one attached hydrogen (secondary N) is 1. The highest BCUT2D eigenvalue weighted by Crippen LogP contribution is 2.21. The molecule has 0 aliphatic carbocycles. The predicted molar refractivity (Wildman–Crippen MR) is 59.8 cm³/mol. The molecule has 15 heavy (non-hydrogen) atoms. The molecular formula is C10H10ClN3O. The van der Waals surface area contributed by atoms with Crippen LogP contribution in [0.15, 0.2) is 36.7 Å². The summed E-state index contributed by atoms with van der Waals surface area (Å²) < 4.78 is 0. The fourth-order valence-corrected chi connectivity index (χ4v) is 1.35. The largest absolute Gasteiger partial charge is 0.366 e.